The smallest absolute Gasteiger partial charge is 0.238 e. The lowest BCUT2D eigenvalue weighted by Gasteiger charge is -2.26. The van der Waals surface area contributed by atoms with Crippen LogP contribution in [0, 0.1) is 12.3 Å². The number of rotatable bonds is 8. The van der Waals surface area contributed by atoms with Gasteiger partial charge in [-0.2, -0.15) is 10.2 Å². The number of nitrogens with zero attached hydrogens (tertiary/aromatic N) is 4. The standard InChI is InChI=1S/C21H25N5O2S2/c1-3-4-9-21(24-25-21)10-11-22-18(28)16-13-30-20(26(16)2)15-12-29-19(23-15)14-7-5-6-8-17(14)27/h1,5-8,15-16,20,27H,4,9-13H2,2H3,(H,22,28)/t15-,16-,20+/m0/s1. The first-order chi connectivity index (χ1) is 14.5. The summed E-state index contributed by atoms with van der Waals surface area (Å²) >= 11 is 3.43. The predicted octanol–water partition coefficient (Wildman–Crippen LogP) is 2.71. The number of benzene rings is 1. The molecule has 3 aliphatic rings. The van der Waals surface area contributed by atoms with Gasteiger partial charge in [-0.15, -0.1) is 35.9 Å². The van der Waals surface area contributed by atoms with E-state index in [9.17, 15) is 9.90 Å². The molecular weight excluding hydrogens is 418 g/mol. The molecule has 3 heterocycles. The zero-order valence-electron chi connectivity index (χ0n) is 16.8. The molecule has 7 nitrogen and oxygen atoms in total. The number of hydrogen-bond acceptors (Lipinski definition) is 8. The van der Waals surface area contributed by atoms with Gasteiger partial charge in [0.05, 0.1) is 17.5 Å². The lowest BCUT2D eigenvalue weighted by molar-refractivity contribution is -0.125. The van der Waals surface area contributed by atoms with Gasteiger partial charge in [0, 0.05) is 42.9 Å². The van der Waals surface area contributed by atoms with E-state index in [2.05, 4.69) is 26.4 Å². The largest absolute Gasteiger partial charge is 0.507 e. The van der Waals surface area contributed by atoms with Crippen molar-refractivity contribution in [3.05, 3.63) is 29.8 Å². The second kappa shape index (κ2) is 9.00. The third kappa shape index (κ3) is 4.51. The SMILES string of the molecule is C#CCCC1(CCNC(=O)[C@@H]2CS[C@H]([C@@H]3CSC(c4ccccc4O)=N3)N2C)N=N1. The van der Waals surface area contributed by atoms with Crippen molar-refractivity contribution in [2.75, 3.05) is 25.1 Å². The number of para-hydroxylation sites is 1. The number of carbonyl (C=O) groups is 1. The molecule has 0 saturated carbocycles. The third-order valence-corrected chi connectivity index (χ3v) is 8.24. The molecule has 1 saturated heterocycles. The quantitative estimate of drug-likeness (QED) is 0.603. The Kier molecular flexibility index (Phi) is 6.37. The summed E-state index contributed by atoms with van der Waals surface area (Å²) in [6.45, 7) is 0.547. The molecule has 0 aromatic heterocycles. The Morgan fingerprint density at radius 1 is 1.37 bits per heavy atom. The summed E-state index contributed by atoms with van der Waals surface area (Å²) < 4.78 is 0. The highest BCUT2D eigenvalue weighted by atomic mass is 32.2. The van der Waals surface area contributed by atoms with Gasteiger partial charge in [-0.1, -0.05) is 12.1 Å². The molecule has 4 rings (SSSR count). The molecule has 1 amide bonds. The average Bonchev–Trinajstić information content (AvgIpc) is 3.15. The number of terminal acetylenes is 1. The van der Waals surface area contributed by atoms with Gasteiger partial charge in [0.25, 0.3) is 0 Å². The molecule has 1 aromatic carbocycles. The highest BCUT2D eigenvalue weighted by Crippen LogP contribution is 2.38. The number of carbonyl (C=O) groups excluding carboxylic acids is 1. The third-order valence-electron chi connectivity index (χ3n) is 5.64. The van der Waals surface area contributed by atoms with E-state index in [4.69, 9.17) is 11.4 Å². The first-order valence-electron chi connectivity index (χ1n) is 10.0. The molecule has 1 fully saturated rings. The van der Waals surface area contributed by atoms with Crippen molar-refractivity contribution in [3.63, 3.8) is 0 Å². The molecule has 0 spiro atoms. The van der Waals surface area contributed by atoms with Crippen LogP contribution in [-0.2, 0) is 4.79 Å². The number of aliphatic imine (C=N–C) groups is 1. The van der Waals surface area contributed by atoms with E-state index in [1.54, 1.807) is 29.6 Å². The lowest BCUT2D eigenvalue weighted by atomic mass is 10.0. The van der Waals surface area contributed by atoms with Gasteiger partial charge < -0.3 is 10.4 Å². The summed E-state index contributed by atoms with van der Waals surface area (Å²) in [4.78, 5) is 19.7. The van der Waals surface area contributed by atoms with Crippen LogP contribution in [0.1, 0.15) is 24.8 Å². The van der Waals surface area contributed by atoms with Crippen LogP contribution in [0.15, 0.2) is 39.5 Å². The molecule has 0 radical (unpaired) electrons. The average molecular weight is 444 g/mol. The maximum atomic E-state index is 12.7. The number of phenols is 1. The Balaban J connectivity index is 1.30. The zero-order chi connectivity index (χ0) is 21.1. The summed E-state index contributed by atoms with van der Waals surface area (Å²) in [5.41, 5.74) is 0.410. The van der Waals surface area contributed by atoms with E-state index >= 15 is 0 Å². The van der Waals surface area contributed by atoms with Gasteiger partial charge in [-0.05, 0) is 19.2 Å². The van der Waals surface area contributed by atoms with Crippen LogP contribution in [0.2, 0.25) is 0 Å². The number of hydrogen-bond donors (Lipinski definition) is 2. The number of phenolic OH excluding ortho intramolecular Hbond substituents is 1. The number of nitrogens with one attached hydrogen (secondary N) is 1. The summed E-state index contributed by atoms with van der Waals surface area (Å²) in [5, 5.41) is 22.4. The Labute approximate surface area is 185 Å². The summed E-state index contributed by atoms with van der Waals surface area (Å²) in [6, 6.07) is 7.20. The normalized spacial score (nSPS) is 26.9. The molecule has 2 N–H and O–H groups in total. The van der Waals surface area contributed by atoms with E-state index in [0.29, 0.717) is 19.4 Å². The van der Waals surface area contributed by atoms with Gasteiger partial charge in [-0.25, -0.2) is 0 Å². The first kappa shape index (κ1) is 21.2. The second-order valence-corrected chi connectivity index (χ2v) is 9.82. The van der Waals surface area contributed by atoms with Crippen molar-refractivity contribution < 1.29 is 9.90 Å². The first-order valence-corrected chi connectivity index (χ1v) is 12.0. The number of aromatic hydroxyl groups is 1. The second-order valence-electron chi connectivity index (χ2n) is 7.66. The molecular formula is C21H25N5O2S2. The van der Waals surface area contributed by atoms with Gasteiger partial charge in [0.2, 0.25) is 5.91 Å². The van der Waals surface area contributed by atoms with E-state index in [0.717, 1.165) is 28.5 Å². The highest BCUT2D eigenvalue weighted by molar-refractivity contribution is 8.14. The van der Waals surface area contributed by atoms with Crippen LogP contribution in [0.5, 0.6) is 5.75 Å². The molecule has 0 bridgehead atoms. The molecule has 9 heteroatoms. The van der Waals surface area contributed by atoms with E-state index < -0.39 is 0 Å². The van der Waals surface area contributed by atoms with Crippen molar-refractivity contribution in [2.45, 2.75) is 42.4 Å². The highest BCUT2D eigenvalue weighted by Gasteiger charge is 2.42. The molecule has 0 unspecified atom stereocenters. The van der Waals surface area contributed by atoms with E-state index in [1.165, 1.54) is 0 Å². The number of likely N-dealkylation sites (N-methyl/N-ethyl adjacent to an activating group) is 1. The summed E-state index contributed by atoms with van der Waals surface area (Å²) in [7, 11) is 1.99. The van der Waals surface area contributed by atoms with Crippen molar-refractivity contribution in [2.24, 2.45) is 15.2 Å². The molecule has 3 aliphatic heterocycles. The number of thioether (sulfide) groups is 2. The summed E-state index contributed by atoms with van der Waals surface area (Å²) in [5.74, 6) is 4.50. The van der Waals surface area contributed by atoms with Crippen LogP contribution in [-0.4, -0.2) is 69.2 Å². The van der Waals surface area contributed by atoms with Crippen molar-refractivity contribution >= 4 is 34.5 Å². The Morgan fingerprint density at radius 2 is 2.17 bits per heavy atom. The predicted molar refractivity (Wildman–Crippen MR) is 122 cm³/mol. The van der Waals surface area contributed by atoms with Crippen LogP contribution in [0.25, 0.3) is 0 Å². The lowest BCUT2D eigenvalue weighted by Crippen LogP contribution is -2.47. The molecule has 0 aliphatic carbocycles. The minimum Gasteiger partial charge on any atom is -0.507 e. The Morgan fingerprint density at radius 3 is 2.90 bits per heavy atom. The minimum absolute atomic E-state index is 0.0378. The fraction of sp³-hybridized carbons (Fsp3) is 0.524. The molecule has 30 heavy (non-hydrogen) atoms. The van der Waals surface area contributed by atoms with Crippen LogP contribution >= 0.6 is 23.5 Å². The van der Waals surface area contributed by atoms with Gasteiger partial charge in [-0.3, -0.25) is 14.7 Å². The maximum absolute atomic E-state index is 12.7. The van der Waals surface area contributed by atoms with Gasteiger partial charge >= 0.3 is 0 Å². The molecule has 158 valence electrons. The molecule has 3 atom stereocenters. The Bertz CT molecular complexity index is 907. The Hall–Kier alpha value is -2.02. The zero-order valence-corrected chi connectivity index (χ0v) is 18.5. The fourth-order valence-electron chi connectivity index (χ4n) is 3.75. The maximum Gasteiger partial charge on any atom is 0.238 e. The van der Waals surface area contributed by atoms with Gasteiger partial charge in [0.15, 0.2) is 5.66 Å². The fourth-order valence-corrected chi connectivity index (χ4v) is 6.53. The van der Waals surface area contributed by atoms with Crippen LogP contribution < -0.4 is 5.32 Å². The van der Waals surface area contributed by atoms with E-state index in [-0.39, 0.29) is 34.8 Å². The van der Waals surface area contributed by atoms with Crippen molar-refractivity contribution in [1.82, 2.24) is 10.2 Å². The van der Waals surface area contributed by atoms with Crippen LogP contribution in [0.3, 0.4) is 0 Å². The minimum atomic E-state index is -0.367. The van der Waals surface area contributed by atoms with Crippen molar-refractivity contribution in [3.8, 4) is 18.1 Å². The van der Waals surface area contributed by atoms with Gasteiger partial charge in [0.1, 0.15) is 10.8 Å². The van der Waals surface area contributed by atoms with Crippen molar-refractivity contribution in [1.29, 1.82) is 0 Å². The monoisotopic (exact) mass is 443 g/mol. The number of amides is 1. The van der Waals surface area contributed by atoms with Crippen LogP contribution in [0.4, 0.5) is 0 Å². The molecule has 1 aromatic rings. The topological polar surface area (TPSA) is 89.6 Å². The summed E-state index contributed by atoms with van der Waals surface area (Å²) in [6.07, 6.45) is 7.41. The van der Waals surface area contributed by atoms with E-state index in [1.807, 2.05) is 25.2 Å².